The minimum absolute atomic E-state index is 0.00931. The Bertz CT molecular complexity index is 486. The average molecular weight is 346 g/mol. The third-order valence-electron chi connectivity index (χ3n) is 3.89. The SMILES string of the molecule is C/C=C(/C)C(=O)O[C@H]1[C@H](O)[C@@H](O)[C@H](O)[C@@H](O)[C@H]1OC(=O)CC(C)C. The summed E-state index contributed by atoms with van der Waals surface area (Å²) in [5, 5.41) is 39.7. The van der Waals surface area contributed by atoms with Gasteiger partial charge in [0, 0.05) is 12.0 Å². The lowest BCUT2D eigenvalue weighted by atomic mass is 9.84. The standard InChI is InChI=1S/C16H26O8/c1-5-8(4)16(22)24-15-13(21)11(19)10(18)12(20)14(15)23-9(17)6-7(2)3/h5,7,10-15,18-21H,6H2,1-4H3/b8-5-/t10-,11-,12+,13+,14+,15-/m0/s1. The van der Waals surface area contributed by atoms with Crippen molar-refractivity contribution in [3.8, 4) is 0 Å². The van der Waals surface area contributed by atoms with Crippen LogP contribution in [0.2, 0.25) is 0 Å². The van der Waals surface area contributed by atoms with Gasteiger partial charge in [-0.1, -0.05) is 19.9 Å². The lowest BCUT2D eigenvalue weighted by molar-refractivity contribution is -0.240. The highest BCUT2D eigenvalue weighted by atomic mass is 16.6. The van der Waals surface area contributed by atoms with E-state index in [0.717, 1.165) is 0 Å². The van der Waals surface area contributed by atoms with Crippen molar-refractivity contribution in [1.82, 2.24) is 0 Å². The number of hydrogen-bond donors (Lipinski definition) is 4. The fourth-order valence-corrected chi connectivity index (χ4v) is 2.32. The second-order valence-corrected chi connectivity index (χ2v) is 6.36. The van der Waals surface area contributed by atoms with Crippen LogP contribution in [-0.2, 0) is 19.1 Å². The van der Waals surface area contributed by atoms with Gasteiger partial charge in [0.25, 0.3) is 0 Å². The van der Waals surface area contributed by atoms with Gasteiger partial charge in [0.05, 0.1) is 0 Å². The molecule has 0 aromatic heterocycles. The maximum absolute atomic E-state index is 11.9. The molecule has 1 aliphatic rings. The smallest absolute Gasteiger partial charge is 0.333 e. The fourth-order valence-electron chi connectivity index (χ4n) is 2.32. The van der Waals surface area contributed by atoms with E-state index in [9.17, 15) is 30.0 Å². The van der Waals surface area contributed by atoms with E-state index < -0.39 is 48.6 Å². The Hall–Kier alpha value is -1.48. The summed E-state index contributed by atoms with van der Waals surface area (Å²) in [4.78, 5) is 23.8. The van der Waals surface area contributed by atoms with Gasteiger partial charge < -0.3 is 29.9 Å². The molecule has 24 heavy (non-hydrogen) atoms. The number of esters is 2. The normalized spacial score (nSPS) is 34.1. The Morgan fingerprint density at radius 3 is 1.83 bits per heavy atom. The summed E-state index contributed by atoms with van der Waals surface area (Å²) < 4.78 is 10.2. The highest BCUT2D eigenvalue weighted by Crippen LogP contribution is 2.27. The van der Waals surface area contributed by atoms with Crippen LogP contribution in [0.3, 0.4) is 0 Å². The van der Waals surface area contributed by atoms with Crippen molar-refractivity contribution in [1.29, 1.82) is 0 Å². The van der Waals surface area contributed by atoms with Crippen molar-refractivity contribution in [2.75, 3.05) is 0 Å². The Morgan fingerprint density at radius 2 is 1.42 bits per heavy atom. The molecule has 4 N–H and O–H groups in total. The van der Waals surface area contributed by atoms with Gasteiger partial charge in [0.2, 0.25) is 0 Å². The number of carbonyl (C=O) groups is 2. The molecule has 0 saturated heterocycles. The zero-order valence-corrected chi connectivity index (χ0v) is 14.2. The van der Waals surface area contributed by atoms with E-state index in [1.54, 1.807) is 20.8 Å². The number of rotatable bonds is 5. The molecule has 0 aliphatic heterocycles. The molecule has 0 bridgehead atoms. The van der Waals surface area contributed by atoms with Gasteiger partial charge in [0.15, 0.2) is 12.2 Å². The molecule has 0 radical (unpaired) electrons. The van der Waals surface area contributed by atoms with Gasteiger partial charge in [-0.3, -0.25) is 4.79 Å². The van der Waals surface area contributed by atoms with E-state index >= 15 is 0 Å². The molecule has 1 rings (SSSR count). The monoisotopic (exact) mass is 346 g/mol. The molecule has 8 heteroatoms. The maximum atomic E-state index is 11.9. The van der Waals surface area contributed by atoms with Crippen molar-refractivity contribution in [2.24, 2.45) is 5.92 Å². The highest BCUT2D eigenvalue weighted by Gasteiger charge is 2.52. The minimum atomic E-state index is -1.75. The van der Waals surface area contributed by atoms with E-state index in [-0.39, 0.29) is 17.9 Å². The van der Waals surface area contributed by atoms with E-state index in [2.05, 4.69) is 0 Å². The number of allylic oxidation sites excluding steroid dienone is 1. The Balaban J connectivity index is 3.01. The Labute approximate surface area is 140 Å². The third kappa shape index (κ3) is 4.76. The highest BCUT2D eigenvalue weighted by molar-refractivity contribution is 5.87. The van der Waals surface area contributed by atoms with Crippen molar-refractivity contribution in [3.05, 3.63) is 11.6 Å². The number of aliphatic hydroxyl groups is 4. The Morgan fingerprint density at radius 1 is 0.958 bits per heavy atom. The predicted octanol–water partition coefficient (Wildman–Crippen LogP) is -0.721. The summed E-state index contributed by atoms with van der Waals surface area (Å²) in [6, 6.07) is 0. The largest absolute Gasteiger partial charge is 0.455 e. The number of hydrogen-bond acceptors (Lipinski definition) is 8. The maximum Gasteiger partial charge on any atom is 0.333 e. The fraction of sp³-hybridized carbons (Fsp3) is 0.750. The molecule has 0 spiro atoms. The number of carbonyl (C=O) groups excluding carboxylic acids is 2. The van der Waals surface area contributed by atoms with Gasteiger partial charge in [-0.05, 0) is 19.8 Å². The molecule has 0 amide bonds. The molecule has 8 nitrogen and oxygen atoms in total. The van der Waals surface area contributed by atoms with Crippen molar-refractivity contribution in [2.45, 2.75) is 70.7 Å². The molecule has 0 aromatic rings. The summed E-state index contributed by atoms with van der Waals surface area (Å²) in [6.45, 7) is 6.68. The molecule has 0 heterocycles. The summed E-state index contributed by atoms with van der Waals surface area (Å²) in [5.41, 5.74) is 0.240. The molecule has 1 aliphatic carbocycles. The first-order valence-electron chi connectivity index (χ1n) is 7.85. The van der Waals surface area contributed by atoms with E-state index in [0.29, 0.717) is 0 Å². The van der Waals surface area contributed by atoms with E-state index in [1.807, 2.05) is 0 Å². The van der Waals surface area contributed by atoms with Gasteiger partial charge >= 0.3 is 11.9 Å². The van der Waals surface area contributed by atoms with Crippen molar-refractivity contribution < 1.29 is 39.5 Å². The van der Waals surface area contributed by atoms with Crippen LogP contribution in [0.15, 0.2) is 11.6 Å². The summed E-state index contributed by atoms with van der Waals surface area (Å²) >= 11 is 0. The summed E-state index contributed by atoms with van der Waals surface area (Å²) in [7, 11) is 0. The zero-order valence-electron chi connectivity index (χ0n) is 14.2. The van der Waals surface area contributed by atoms with Gasteiger partial charge in [0.1, 0.15) is 24.4 Å². The summed E-state index contributed by atoms with van der Waals surface area (Å²) in [5.74, 6) is -1.47. The van der Waals surface area contributed by atoms with Gasteiger partial charge in [-0.2, -0.15) is 0 Å². The zero-order chi connectivity index (χ0) is 18.6. The van der Waals surface area contributed by atoms with Gasteiger partial charge in [-0.25, -0.2) is 4.79 Å². The van der Waals surface area contributed by atoms with Crippen LogP contribution in [0.5, 0.6) is 0 Å². The van der Waals surface area contributed by atoms with Crippen LogP contribution < -0.4 is 0 Å². The minimum Gasteiger partial charge on any atom is -0.455 e. The first-order valence-corrected chi connectivity index (χ1v) is 7.85. The van der Waals surface area contributed by atoms with Crippen LogP contribution in [0.1, 0.15) is 34.1 Å². The van der Waals surface area contributed by atoms with Crippen molar-refractivity contribution >= 4 is 11.9 Å². The van der Waals surface area contributed by atoms with Crippen LogP contribution in [0.25, 0.3) is 0 Å². The van der Waals surface area contributed by atoms with Crippen LogP contribution >= 0.6 is 0 Å². The van der Waals surface area contributed by atoms with E-state index in [4.69, 9.17) is 9.47 Å². The van der Waals surface area contributed by atoms with Crippen LogP contribution in [-0.4, -0.2) is 69.0 Å². The molecule has 0 unspecified atom stereocenters. The molecular weight excluding hydrogens is 320 g/mol. The third-order valence-corrected chi connectivity index (χ3v) is 3.89. The van der Waals surface area contributed by atoms with Crippen LogP contribution in [0, 0.1) is 5.92 Å². The second-order valence-electron chi connectivity index (χ2n) is 6.36. The lowest BCUT2D eigenvalue weighted by Gasteiger charge is -2.42. The number of aliphatic hydroxyl groups excluding tert-OH is 4. The van der Waals surface area contributed by atoms with Gasteiger partial charge in [-0.15, -0.1) is 0 Å². The summed E-state index contributed by atoms with van der Waals surface area (Å²) in [6.07, 6.45) is -8.36. The lowest BCUT2D eigenvalue weighted by Crippen LogP contribution is -2.65. The first kappa shape index (κ1) is 20.6. The second kappa shape index (κ2) is 8.57. The van der Waals surface area contributed by atoms with Crippen LogP contribution in [0.4, 0.5) is 0 Å². The molecular formula is C16H26O8. The molecule has 1 saturated carbocycles. The predicted molar refractivity (Wildman–Crippen MR) is 82.7 cm³/mol. The Kier molecular flexibility index (Phi) is 7.34. The quantitative estimate of drug-likeness (QED) is 0.378. The first-order chi connectivity index (χ1) is 11.1. The molecule has 6 atom stereocenters. The number of ether oxygens (including phenoxy) is 2. The van der Waals surface area contributed by atoms with Crippen molar-refractivity contribution in [3.63, 3.8) is 0 Å². The molecule has 0 aromatic carbocycles. The molecule has 1 fully saturated rings. The topological polar surface area (TPSA) is 134 Å². The van der Waals surface area contributed by atoms with E-state index in [1.165, 1.54) is 13.0 Å². The average Bonchev–Trinajstić information content (AvgIpc) is 2.52. The molecule has 138 valence electrons.